The van der Waals surface area contributed by atoms with E-state index in [0.717, 1.165) is 12.5 Å². The number of nitrogens with one attached hydrogen (secondary N) is 1. The zero-order chi connectivity index (χ0) is 13.7. The summed E-state index contributed by atoms with van der Waals surface area (Å²) in [5.41, 5.74) is 6.41. The maximum absolute atomic E-state index is 13.8. The van der Waals surface area contributed by atoms with Crippen molar-refractivity contribution in [3.8, 4) is 0 Å². The zero-order valence-electron chi connectivity index (χ0n) is 10.9. The van der Waals surface area contributed by atoms with Crippen LogP contribution in [-0.4, -0.2) is 17.6 Å². The fourth-order valence-corrected chi connectivity index (χ4v) is 2.53. The number of rotatable bonds is 5. The van der Waals surface area contributed by atoms with Gasteiger partial charge in [0.25, 0.3) is 0 Å². The predicted molar refractivity (Wildman–Crippen MR) is 72.6 cm³/mol. The largest absolute Gasteiger partial charge is 0.409 e. The molecule has 1 saturated carbocycles. The molecule has 1 aromatic carbocycles. The average Bonchev–Trinajstić information content (AvgIpc) is 2.93. The molecule has 0 heterocycles. The van der Waals surface area contributed by atoms with Gasteiger partial charge in [-0.05, 0) is 31.4 Å². The summed E-state index contributed by atoms with van der Waals surface area (Å²) >= 11 is 0. The molecule has 0 unspecified atom stereocenters. The number of halogens is 1. The van der Waals surface area contributed by atoms with Crippen molar-refractivity contribution in [1.29, 1.82) is 0 Å². The van der Waals surface area contributed by atoms with Crippen LogP contribution in [0.1, 0.15) is 36.8 Å². The molecule has 1 fully saturated rings. The Labute approximate surface area is 112 Å². The molecule has 19 heavy (non-hydrogen) atoms. The lowest BCUT2D eigenvalue weighted by atomic mass is 10.1. The van der Waals surface area contributed by atoms with Gasteiger partial charge in [-0.25, -0.2) is 4.39 Å². The van der Waals surface area contributed by atoms with Gasteiger partial charge in [-0.3, -0.25) is 0 Å². The monoisotopic (exact) mass is 265 g/mol. The Morgan fingerprint density at radius 1 is 1.42 bits per heavy atom. The van der Waals surface area contributed by atoms with E-state index in [2.05, 4.69) is 10.5 Å². The third kappa shape index (κ3) is 3.67. The Morgan fingerprint density at radius 2 is 2.16 bits per heavy atom. The molecule has 1 aromatic rings. The quantitative estimate of drug-likeness (QED) is 0.331. The van der Waals surface area contributed by atoms with Crippen LogP contribution in [-0.2, 0) is 6.54 Å². The highest BCUT2D eigenvalue weighted by Gasteiger charge is 2.14. The van der Waals surface area contributed by atoms with Crippen LogP contribution in [0.15, 0.2) is 23.4 Å². The number of oxime groups is 1. The Hall–Kier alpha value is -1.62. The molecule has 0 amide bonds. The first kappa shape index (κ1) is 13.8. The minimum Gasteiger partial charge on any atom is -0.409 e. The highest BCUT2D eigenvalue weighted by Crippen LogP contribution is 2.23. The maximum atomic E-state index is 13.8. The van der Waals surface area contributed by atoms with Gasteiger partial charge in [0.1, 0.15) is 5.82 Å². The van der Waals surface area contributed by atoms with Gasteiger partial charge in [-0.2, -0.15) is 0 Å². The maximum Gasteiger partial charge on any atom is 0.170 e. The minimum atomic E-state index is -0.331. The summed E-state index contributed by atoms with van der Waals surface area (Å²) in [7, 11) is 0. The van der Waals surface area contributed by atoms with Gasteiger partial charge < -0.3 is 16.3 Å². The molecule has 0 radical (unpaired) electrons. The van der Waals surface area contributed by atoms with Crippen LogP contribution in [0.4, 0.5) is 4.39 Å². The van der Waals surface area contributed by atoms with Crippen molar-refractivity contribution in [3.05, 3.63) is 35.1 Å². The van der Waals surface area contributed by atoms with E-state index >= 15 is 0 Å². The van der Waals surface area contributed by atoms with E-state index in [-0.39, 0.29) is 11.7 Å². The van der Waals surface area contributed by atoms with Crippen LogP contribution >= 0.6 is 0 Å². The Balaban J connectivity index is 1.89. The molecule has 0 spiro atoms. The van der Waals surface area contributed by atoms with Crippen molar-refractivity contribution in [2.24, 2.45) is 16.8 Å². The van der Waals surface area contributed by atoms with E-state index < -0.39 is 0 Å². The lowest BCUT2D eigenvalue weighted by Crippen LogP contribution is -2.21. The van der Waals surface area contributed by atoms with Gasteiger partial charge in [0.05, 0.1) is 0 Å². The molecule has 5 heteroatoms. The van der Waals surface area contributed by atoms with Gasteiger partial charge in [-0.1, -0.05) is 30.1 Å². The van der Waals surface area contributed by atoms with Gasteiger partial charge >= 0.3 is 0 Å². The first-order chi connectivity index (χ1) is 9.20. The molecule has 104 valence electrons. The van der Waals surface area contributed by atoms with Crippen molar-refractivity contribution >= 4 is 5.84 Å². The van der Waals surface area contributed by atoms with Crippen LogP contribution in [0, 0.1) is 11.7 Å². The second-order valence-electron chi connectivity index (χ2n) is 5.07. The van der Waals surface area contributed by atoms with Gasteiger partial charge in [-0.15, -0.1) is 0 Å². The van der Waals surface area contributed by atoms with Crippen molar-refractivity contribution in [3.63, 3.8) is 0 Å². The SMILES string of the molecule is NC(=NO)c1ccc(CNCC2CCCC2)c(F)c1. The highest BCUT2D eigenvalue weighted by atomic mass is 19.1. The molecule has 1 aliphatic rings. The molecule has 4 nitrogen and oxygen atoms in total. The van der Waals surface area contributed by atoms with Crippen LogP contribution in [0.25, 0.3) is 0 Å². The number of amidine groups is 1. The summed E-state index contributed by atoms with van der Waals surface area (Å²) < 4.78 is 13.8. The Kier molecular flexibility index (Phi) is 4.74. The Morgan fingerprint density at radius 3 is 2.79 bits per heavy atom. The molecule has 1 aliphatic carbocycles. The molecule has 2 rings (SSSR count). The van der Waals surface area contributed by atoms with E-state index in [1.165, 1.54) is 31.7 Å². The molecule has 4 N–H and O–H groups in total. The van der Waals surface area contributed by atoms with E-state index in [1.807, 2.05) is 0 Å². The van der Waals surface area contributed by atoms with Crippen molar-refractivity contribution in [2.45, 2.75) is 32.2 Å². The molecule has 0 bridgehead atoms. The summed E-state index contributed by atoms with van der Waals surface area (Å²) in [6.45, 7) is 1.46. The topological polar surface area (TPSA) is 70.6 Å². The second kappa shape index (κ2) is 6.52. The fourth-order valence-electron chi connectivity index (χ4n) is 2.53. The van der Waals surface area contributed by atoms with E-state index in [0.29, 0.717) is 17.7 Å². The Bertz CT molecular complexity index is 456. The third-order valence-corrected chi connectivity index (χ3v) is 3.68. The normalized spacial score (nSPS) is 17.0. The fraction of sp³-hybridized carbons (Fsp3) is 0.500. The van der Waals surface area contributed by atoms with E-state index in [1.54, 1.807) is 12.1 Å². The van der Waals surface area contributed by atoms with Gasteiger partial charge in [0.15, 0.2) is 5.84 Å². The van der Waals surface area contributed by atoms with Crippen LogP contribution in [0.5, 0.6) is 0 Å². The number of hydrogen-bond donors (Lipinski definition) is 3. The van der Waals surface area contributed by atoms with E-state index in [4.69, 9.17) is 10.9 Å². The molecular formula is C14H20FN3O. The average molecular weight is 265 g/mol. The first-order valence-corrected chi connectivity index (χ1v) is 6.67. The van der Waals surface area contributed by atoms with Crippen LogP contribution < -0.4 is 11.1 Å². The summed E-state index contributed by atoms with van der Waals surface area (Å²) in [6.07, 6.45) is 5.18. The highest BCUT2D eigenvalue weighted by molar-refractivity contribution is 5.97. The standard InChI is InChI=1S/C14H20FN3O/c15-13-7-11(14(16)18-19)5-6-12(13)9-17-8-10-3-1-2-4-10/h5-7,10,17,19H,1-4,8-9H2,(H2,16,18). The number of hydrogen-bond acceptors (Lipinski definition) is 3. The molecule has 0 atom stereocenters. The van der Waals surface area contributed by atoms with Crippen molar-refractivity contribution < 1.29 is 9.60 Å². The summed E-state index contributed by atoms with van der Waals surface area (Å²) in [6, 6.07) is 4.62. The number of nitrogens with zero attached hydrogens (tertiary/aromatic N) is 1. The van der Waals surface area contributed by atoms with Crippen LogP contribution in [0.2, 0.25) is 0 Å². The molecule has 0 saturated heterocycles. The van der Waals surface area contributed by atoms with Gasteiger partial charge in [0.2, 0.25) is 0 Å². The molecule has 0 aliphatic heterocycles. The lowest BCUT2D eigenvalue weighted by molar-refractivity contribution is 0.318. The van der Waals surface area contributed by atoms with Crippen molar-refractivity contribution in [2.75, 3.05) is 6.54 Å². The van der Waals surface area contributed by atoms with E-state index in [9.17, 15) is 4.39 Å². The molecular weight excluding hydrogens is 245 g/mol. The summed E-state index contributed by atoms with van der Waals surface area (Å²) in [5.74, 6) is 0.326. The second-order valence-corrected chi connectivity index (χ2v) is 5.07. The zero-order valence-corrected chi connectivity index (χ0v) is 10.9. The van der Waals surface area contributed by atoms with Crippen LogP contribution in [0.3, 0.4) is 0 Å². The minimum absolute atomic E-state index is 0.0793. The predicted octanol–water partition coefficient (Wildman–Crippen LogP) is 2.20. The first-order valence-electron chi connectivity index (χ1n) is 6.67. The van der Waals surface area contributed by atoms with Crippen molar-refractivity contribution in [1.82, 2.24) is 5.32 Å². The molecule has 0 aromatic heterocycles. The summed E-state index contributed by atoms with van der Waals surface area (Å²) in [5, 5.41) is 14.7. The number of nitrogens with two attached hydrogens (primary N) is 1. The lowest BCUT2D eigenvalue weighted by Gasteiger charge is -2.11. The smallest absolute Gasteiger partial charge is 0.170 e. The third-order valence-electron chi connectivity index (χ3n) is 3.68. The van der Waals surface area contributed by atoms with Gasteiger partial charge in [0, 0.05) is 17.7 Å². The summed E-state index contributed by atoms with van der Waals surface area (Å²) in [4.78, 5) is 0. The number of benzene rings is 1.